The Morgan fingerprint density at radius 3 is 2.27 bits per heavy atom. The van der Waals surface area contributed by atoms with Crippen LogP contribution in [0.25, 0.3) is 0 Å². The van der Waals surface area contributed by atoms with Crippen LogP contribution in [0.5, 0.6) is 0 Å². The zero-order valence-electron chi connectivity index (χ0n) is 6.76. The Labute approximate surface area is 75.9 Å². The second-order valence-electron chi connectivity index (χ2n) is 3.26. The molecule has 3 nitrogen and oxygen atoms in total. The minimum absolute atomic E-state index is 0.126. The van der Waals surface area contributed by atoms with Crippen LogP contribution in [0.1, 0.15) is 20.8 Å². The maximum atomic E-state index is 8.89. The molecule has 0 aromatic rings. The molecule has 3 N–H and O–H groups in total. The maximum Gasteiger partial charge on any atom is 0.135 e. The van der Waals surface area contributed by atoms with Crippen molar-refractivity contribution in [1.82, 2.24) is 10.8 Å². The fourth-order valence-corrected chi connectivity index (χ4v) is 2.73. The van der Waals surface area contributed by atoms with Crippen molar-refractivity contribution in [2.24, 2.45) is 0 Å². The van der Waals surface area contributed by atoms with Gasteiger partial charge in [0.05, 0.1) is 4.75 Å². The van der Waals surface area contributed by atoms with E-state index in [4.69, 9.17) is 17.4 Å². The van der Waals surface area contributed by atoms with Crippen LogP contribution in [0.2, 0.25) is 0 Å². The van der Waals surface area contributed by atoms with E-state index in [-0.39, 0.29) is 4.75 Å². The summed E-state index contributed by atoms with van der Waals surface area (Å²) in [5.74, 6) is 0. The average Bonchev–Trinajstić information content (AvgIpc) is 2.03. The van der Waals surface area contributed by atoms with E-state index >= 15 is 0 Å². The third-order valence-corrected chi connectivity index (χ3v) is 3.69. The SMILES string of the molecule is CC1(NO)NC(=S)SC1(C)C. The highest BCUT2D eigenvalue weighted by Gasteiger charge is 2.48. The van der Waals surface area contributed by atoms with Crippen molar-refractivity contribution in [2.45, 2.75) is 31.2 Å². The van der Waals surface area contributed by atoms with Gasteiger partial charge in [0.2, 0.25) is 0 Å². The first-order valence-electron chi connectivity index (χ1n) is 3.34. The van der Waals surface area contributed by atoms with Gasteiger partial charge in [-0.2, -0.15) is 5.48 Å². The Hall–Kier alpha value is 0.160. The summed E-state index contributed by atoms with van der Waals surface area (Å²) in [5, 5.41) is 11.9. The number of hydroxylamine groups is 1. The van der Waals surface area contributed by atoms with Crippen molar-refractivity contribution in [3.8, 4) is 0 Å². The molecule has 0 bridgehead atoms. The molecule has 1 unspecified atom stereocenters. The predicted molar refractivity (Wildman–Crippen MR) is 50.7 cm³/mol. The third kappa shape index (κ3) is 1.38. The van der Waals surface area contributed by atoms with Gasteiger partial charge in [0.25, 0.3) is 0 Å². The van der Waals surface area contributed by atoms with Gasteiger partial charge in [-0.05, 0) is 20.8 Å². The van der Waals surface area contributed by atoms with Gasteiger partial charge in [0.15, 0.2) is 0 Å². The van der Waals surface area contributed by atoms with Gasteiger partial charge in [-0.3, -0.25) is 0 Å². The second-order valence-corrected chi connectivity index (χ2v) is 5.56. The van der Waals surface area contributed by atoms with E-state index in [1.807, 2.05) is 20.8 Å². The molecule has 0 spiro atoms. The van der Waals surface area contributed by atoms with Crippen molar-refractivity contribution in [2.75, 3.05) is 0 Å². The fourth-order valence-electron chi connectivity index (χ4n) is 0.877. The number of rotatable bonds is 1. The van der Waals surface area contributed by atoms with Crippen LogP contribution < -0.4 is 10.8 Å². The minimum atomic E-state index is -0.519. The first-order chi connectivity index (χ1) is 4.91. The zero-order chi connectivity index (χ0) is 8.70. The molecule has 1 aliphatic heterocycles. The first kappa shape index (κ1) is 9.25. The molecule has 5 heteroatoms. The van der Waals surface area contributed by atoms with Crippen LogP contribution >= 0.6 is 24.0 Å². The highest BCUT2D eigenvalue weighted by atomic mass is 32.2. The van der Waals surface area contributed by atoms with E-state index in [1.165, 1.54) is 0 Å². The molecule has 1 aliphatic rings. The van der Waals surface area contributed by atoms with E-state index in [0.29, 0.717) is 0 Å². The van der Waals surface area contributed by atoms with Crippen LogP contribution in [0.3, 0.4) is 0 Å². The predicted octanol–water partition coefficient (Wildman–Crippen LogP) is 1.08. The highest BCUT2D eigenvalue weighted by Crippen LogP contribution is 2.40. The number of nitrogens with one attached hydrogen (secondary N) is 2. The van der Waals surface area contributed by atoms with E-state index in [9.17, 15) is 0 Å². The normalized spacial score (nSPS) is 35.5. The molecule has 1 saturated heterocycles. The lowest BCUT2D eigenvalue weighted by molar-refractivity contribution is 0.0481. The molecule has 0 amide bonds. The van der Waals surface area contributed by atoms with Crippen molar-refractivity contribution < 1.29 is 5.21 Å². The van der Waals surface area contributed by atoms with Crippen molar-refractivity contribution in [3.63, 3.8) is 0 Å². The highest BCUT2D eigenvalue weighted by molar-refractivity contribution is 8.24. The lowest BCUT2D eigenvalue weighted by Crippen LogP contribution is -2.60. The van der Waals surface area contributed by atoms with Gasteiger partial charge in [-0.25, -0.2) is 0 Å². The number of thioether (sulfide) groups is 1. The number of hydrogen-bond donors (Lipinski definition) is 3. The fraction of sp³-hybridized carbons (Fsp3) is 0.833. The van der Waals surface area contributed by atoms with Crippen LogP contribution in [-0.4, -0.2) is 19.9 Å². The summed E-state index contributed by atoms with van der Waals surface area (Å²) in [4.78, 5) is 0. The van der Waals surface area contributed by atoms with Gasteiger partial charge in [-0.1, -0.05) is 24.0 Å². The van der Waals surface area contributed by atoms with Crippen LogP contribution in [-0.2, 0) is 0 Å². The number of hydrogen-bond acceptors (Lipinski definition) is 4. The average molecular weight is 192 g/mol. The van der Waals surface area contributed by atoms with E-state index < -0.39 is 5.66 Å². The van der Waals surface area contributed by atoms with E-state index in [1.54, 1.807) is 11.8 Å². The molecule has 64 valence electrons. The van der Waals surface area contributed by atoms with E-state index in [0.717, 1.165) is 4.32 Å². The molecule has 0 aromatic heterocycles. The molecular weight excluding hydrogens is 180 g/mol. The molecule has 1 heterocycles. The van der Waals surface area contributed by atoms with Gasteiger partial charge >= 0.3 is 0 Å². The van der Waals surface area contributed by atoms with Gasteiger partial charge in [0, 0.05) is 0 Å². The largest absolute Gasteiger partial charge is 0.350 e. The summed E-state index contributed by atoms with van der Waals surface area (Å²) >= 11 is 6.54. The molecule has 0 aliphatic carbocycles. The topological polar surface area (TPSA) is 44.3 Å². The Morgan fingerprint density at radius 2 is 2.09 bits per heavy atom. The van der Waals surface area contributed by atoms with Gasteiger partial charge in [0.1, 0.15) is 9.98 Å². The van der Waals surface area contributed by atoms with Crippen molar-refractivity contribution >= 4 is 28.3 Å². The van der Waals surface area contributed by atoms with Gasteiger partial charge in [-0.15, -0.1) is 0 Å². The Morgan fingerprint density at radius 1 is 1.55 bits per heavy atom. The van der Waals surface area contributed by atoms with Gasteiger partial charge < -0.3 is 10.5 Å². The third-order valence-electron chi connectivity index (χ3n) is 2.13. The molecule has 11 heavy (non-hydrogen) atoms. The summed E-state index contributed by atoms with van der Waals surface area (Å²) in [7, 11) is 0. The van der Waals surface area contributed by atoms with Crippen molar-refractivity contribution in [3.05, 3.63) is 0 Å². The first-order valence-corrected chi connectivity index (χ1v) is 4.56. The second kappa shape index (κ2) is 2.58. The molecule has 1 rings (SSSR count). The smallest absolute Gasteiger partial charge is 0.135 e. The lowest BCUT2D eigenvalue weighted by atomic mass is 9.98. The van der Waals surface area contributed by atoms with Crippen molar-refractivity contribution in [1.29, 1.82) is 0 Å². The number of thiocarbonyl (C=S) groups is 1. The Kier molecular flexibility index (Phi) is 2.17. The summed E-state index contributed by atoms with van der Waals surface area (Å²) < 4.78 is 0.595. The molecule has 0 saturated carbocycles. The molecule has 1 atom stereocenters. The summed E-state index contributed by atoms with van der Waals surface area (Å²) in [6.45, 7) is 5.92. The summed E-state index contributed by atoms with van der Waals surface area (Å²) in [5.41, 5.74) is 1.72. The molecule has 0 aromatic carbocycles. The molecule has 1 fully saturated rings. The maximum absolute atomic E-state index is 8.89. The lowest BCUT2D eigenvalue weighted by Gasteiger charge is -2.34. The van der Waals surface area contributed by atoms with Crippen LogP contribution in [0.15, 0.2) is 0 Å². The van der Waals surface area contributed by atoms with Crippen LogP contribution in [0.4, 0.5) is 0 Å². The zero-order valence-corrected chi connectivity index (χ0v) is 8.40. The summed E-state index contributed by atoms with van der Waals surface area (Å²) in [6, 6.07) is 0. The quantitative estimate of drug-likeness (QED) is 0.428. The van der Waals surface area contributed by atoms with Crippen LogP contribution in [0, 0.1) is 0 Å². The molecular formula is C6H12N2OS2. The Balaban J connectivity index is 2.89. The summed E-state index contributed by atoms with van der Waals surface area (Å²) in [6.07, 6.45) is 0. The monoisotopic (exact) mass is 192 g/mol. The standard InChI is InChI=1S/C6H12N2OS2/c1-5(2)6(3,8-9)7-4(10)11-5/h8-9H,1-3H3,(H,7,10). The molecule has 0 radical (unpaired) electrons. The minimum Gasteiger partial charge on any atom is -0.350 e. The Bertz CT molecular complexity index is 195. The van der Waals surface area contributed by atoms with E-state index in [2.05, 4.69) is 10.8 Å².